The van der Waals surface area contributed by atoms with Gasteiger partial charge in [-0.15, -0.1) is 0 Å². The lowest BCUT2D eigenvalue weighted by molar-refractivity contribution is 0.316. The predicted molar refractivity (Wildman–Crippen MR) is 99.6 cm³/mol. The lowest BCUT2D eigenvalue weighted by Crippen LogP contribution is -2.43. The van der Waals surface area contributed by atoms with Crippen LogP contribution in [0, 0.1) is 5.92 Å². The summed E-state index contributed by atoms with van der Waals surface area (Å²) in [4.78, 5) is 11.8. The maximum Gasteiger partial charge on any atom is 0.229 e. The minimum Gasteiger partial charge on any atom is -0.349 e. The summed E-state index contributed by atoms with van der Waals surface area (Å²) in [6, 6.07) is 10.7. The van der Waals surface area contributed by atoms with Crippen LogP contribution in [-0.2, 0) is 0 Å². The SMILES string of the molecule is CC1CCCCC1N1CC=Cc2cnc(Nc3ccccc3)nc21. The maximum atomic E-state index is 4.85. The third-order valence-corrected chi connectivity index (χ3v) is 5.16. The van der Waals surface area contributed by atoms with E-state index in [1.807, 2.05) is 36.5 Å². The second-order valence-electron chi connectivity index (χ2n) is 6.85. The normalized spacial score (nSPS) is 23.0. The van der Waals surface area contributed by atoms with E-state index in [4.69, 9.17) is 4.98 Å². The quantitative estimate of drug-likeness (QED) is 0.895. The number of nitrogens with one attached hydrogen (secondary N) is 1. The van der Waals surface area contributed by atoms with Crippen LogP contribution in [0.15, 0.2) is 42.6 Å². The van der Waals surface area contributed by atoms with Gasteiger partial charge in [-0.25, -0.2) is 4.98 Å². The minimum atomic E-state index is 0.585. The number of para-hydroxylation sites is 1. The van der Waals surface area contributed by atoms with E-state index >= 15 is 0 Å². The molecular formula is C20H24N4. The Labute approximate surface area is 143 Å². The van der Waals surface area contributed by atoms with Crippen LogP contribution < -0.4 is 10.2 Å². The van der Waals surface area contributed by atoms with E-state index in [0.717, 1.165) is 29.5 Å². The number of hydrogen-bond donors (Lipinski definition) is 1. The molecule has 1 aromatic heterocycles. The molecule has 24 heavy (non-hydrogen) atoms. The molecule has 2 heterocycles. The molecule has 0 bridgehead atoms. The zero-order valence-corrected chi connectivity index (χ0v) is 14.2. The van der Waals surface area contributed by atoms with Gasteiger partial charge in [-0.1, -0.05) is 50.1 Å². The van der Waals surface area contributed by atoms with E-state index in [1.54, 1.807) is 0 Å². The molecule has 4 rings (SSSR count). The Morgan fingerprint density at radius 1 is 1.12 bits per heavy atom. The van der Waals surface area contributed by atoms with Crippen LogP contribution >= 0.6 is 0 Å². The van der Waals surface area contributed by atoms with E-state index in [2.05, 4.69) is 34.3 Å². The Bertz CT molecular complexity index is 726. The number of rotatable bonds is 3. The molecule has 0 radical (unpaired) electrons. The highest BCUT2D eigenvalue weighted by Crippen LogP contribution is 2.34. The summed E-state index contributed by atoms with van der Waals surface area (Å²) in [7, 11) is 0. The summed E-state index contributed by atoms with van der Waals surface area (Å²) in [5, 5.41) is 3.32. The molecule has 124 valence electrons. The second kappa shape index (κ2) is 6.63. The van der Waals surface area contributed by atoms with Gasteiger partial charge in [-0.2, -0.15) is 4.98 Å². The van der Waals surface area contributed by atoms with Gasteiger partial charge in [0.2, 0.25) is 5.95 Å². The van der Waals surface area contributed by atoms with Crippen LogP contribution in [0.1, 0.15) is 38.2 Å². The van der Waals surface area contributed by atoms with Crippen LogP contribution in [0.5, 0.6) is 0 Å². The molecule has 1 saturated carbocycles. The molecule has 0 saturated heterocycles. The summed E-state index contributed by atoms with van der Waals surface area (Å²) in [6.07, 6.45) is 11.6. The van der Waals surface area contributed by atoms with E-state index in [1.165, 1.54) is 25.7 Å². The van der Waals surface area contributed by atoms with Gasteiger partial charge in [0.1, 0.15) is 5.82 Å². The van der Waals surface area contributed by atoms with Crippen molar-refractivity contribution in [3.8, 4) is 0 Å². The van der Waals surface area contributed by atoms with Gasteiger partial charge in [0, 0.05) is 30.0 Å². The first-order valence-electron chi connectivity index (χ1n) is 8.93. The largest absolute Gasteiger partial charge is 0.349 e. The molecule has 2 aromatic rings. The van der Waals surface area contributed by atoms with E-state index < -0.39 is 0 Å². The van der Waals surface area contributed by atoms with Gasteiger partial charge in [-0.3, -0.25) is 0 Å². The molecule has 1 aromatic carbocycles. The fraction of sp³-hybridized carbons (Fsp3) is 0.400. The summed E-state index contributed by atoms with van der Waals surface area (Å²) >= 11 is 0. The van der Waals surface area contributed by atoms with Gasteiger partial charge in [-0.05, 0) is 30.9 Å². The van der Waals surface area contributed by atoms with Gasteiger partial charge < -0.3 is 10.2 Å². The Morgan fingerprint density at radius 3 is 2.79 bits per heavy atom. The highest BCUT2D eigenvalue weighted by atomic mass is 15.3. The summed E-state index contributed by atoms with van der Waals surface area (Å²) in [5.74, 6) is 2.46. The Hall–Kier alpha value is -2.36. The summed E-state index contributed by atoms with van der Waals surface area (Å²) in [5.41, 5.74) is 2.14. The number of aromatic nitrogens is 2. The lowest BCUT2D eigenvalue weighted by Gasteiger charge is -2.40. The molecule has 1 fully saturated rings. The lowest BCUT2D eigenvalue weighted by atomic mass is 9.84. The van der Waals surface area contributed by atoms with Gasteiger partial charge >= 0.3 is 0 Å². The standard InChI is InChI=1S/C20H24N4/c1-15-8-5-6-12-18(15)24-13-7-9-16-14-21-20(23-19(16)24)22-17-10-3-2-4-11-17/h2-4,7,9-11,14-15,18H,5-6,8,12-13H2,1H3,(H,21,22,23). The average molecular weight is 320 g/mol. The van der Waals surface area contributed by atoms with E-state index in [0.29, 0.717) is 12.0 Å². The molecule has 2 aliphatic rings. The molecule has 0 spiro atoms. The van der Waals surface area contributed by atoms with Crippen molar-refractivity contribution >= 4 is 23.5 Å². The average Bonchev–Trinajstić information content (AvgIpc) is 2.63. The van der Waals surface area contributed by atoms with Crippen molar-refractivity contribution in [2.24, 2.45) is 5.92 Å². The van der Waals surface area contributed by atoms with Crippen LogP contribution in [-0.4, -0.2) is 22.6 Å². The van der Waals surface area contributed by atoms with Crippen molar-refractivity contribution in [1.82, 2.24) is 9.97 Å². The van der Waals surface area contributed by atoms with Gasteiger partial charge in [0.15, 0.2) is 0 Å². The van der Waals surface area contributed by atoms with Crippen molar-refractivity contribution in [2.75, 3.05) is 16.8 Å². The predicted octanol–water partition coefficient (Wildman–Crippen LogP) is 4.63. The monoisotopic (exact) mass is 320 g/mol. The second-order valence-corrected chi connectivity index (χ2v) is 6.85. The van der Waals surface area contributed by atoms with Crippen molar-refractivity contribution in [3.63, 3.8) is 0 Å². The third kappa shape index (κ3) is 3.01. The van der Waals surface area contributed by atoms with Crippen molar-refractivity contribution in [2.45, 2.75) is 38.6 Å². The number of benzene rings is 1. The summed E-state index contributed by atoms with van der Waals surface area (Å²) in [6.45, 7) is 3.33. The highest BCUT2D eigenvalue weighted by Gasteiger charge is 2.30. The summed E-state index contributed by atoms with van der Waals surface area (Å²) < 4.78 is 0. The molecule has 2 unspecified atom stereocenters. The minimum absolute atomic E-state index is 0.585. The molecule has 1 aliphatic heterocycles. The number of hydrogen-bond acceptors (Lipinski definition) is 4. The third-order valence-electron chi connectivity index (χ3n) is 5.16. The maximum absolute atomic E-state index is 4.85. The van der Waals surface area contributed by atoms with Gasteiger partial charge in [0.25, 0.3) is 0 Å². The molecule has 4 heteroatoms. The first-order chi connectivity index (χ1) is 11.8. The molecule has 1 N–H and O–H groups in total. The first kappa shape index (κ1) is 15.2. The van der Waals surface area contributed by atoms with E-state index in [-0.39, 0.29) is 0 Å². The highest BCUT2D eigenvalue weighted by molar-refractivity contribution is 5.69. The molecule has 4 nitrogen and oxygen atoms in total. The van der Waals surface area contributed by atoms with Crippen LogP contribution in [0.4, 0.5) is 17.5 Å². The van der Waals surface area contributed by atoms with Crippen molar-refractivity contribution in [3.05, 3.63) is 48.2 Å². The van der Waals surface area contributed by atoms with Crippen molar-refractivity contribution in [1.29, 1.82) is 0 Å². The zero-order chi connectivity index (χ0) is 16.4. The van der Waals surface area contributed by atoms with E-state index in [9.17, 15) is 0 Å². The molecule has 2 atom stereocenters. The molecular weight excluding hydrogens is 296 g/mol. The number of fused-ring (bicyclic) bond motifs is 1. The number of nitrogens with zero attached hydrogens (tertiary/aromatic N) is 3. The Balaban J connectivity index is 1.63. The molecule has 1 aliphatic carbocycles. The van der Waals surface area contributed by atoms with Crippen molar-refractivity contribution < 1.29 is 0 Å². The first-order valence-corrected chi connectivity index (χ1v) is 8.93. The topological polar surface area (TPSA) is 41.1 Å². The number of anilines is 3. The zero-order valence-electron chi connectivity index (χ0n) is 14.2. The van der Waals surface area contributed by atoms with Crippen LogP contribution in [0.2, 0.25) is 0 Å². The Kier molecular flexibility index (Phi) is 4.20. The smallest absolute Gasteiger partial charge is 0.229 e. The fourth-order valence-corrected chi connectivity index (χ4v) is 3.87. The molecule has 0 amide bonds. The van der Waals surface area contributed by atoms with Gasteiger partial charge in [0.05, 0.1) is 0 Å². The fourth-order valence-electron chi connectivity index (χ4n) is 3.87. The van der Waals surface area contributed by atoms with Crippen LogP contribution in [0.25, 0.3) is 6.08 Å². The Morgan fingerprint density at radius 2 is 1.96 bits per heavy atom. The van der Waals surface area contributed by atoms with Crippen LogP contribution in [0.3, 0.4) is 0 Å².